The molecule has 0 aromatic heterocycles. The summed E-state index contributed by atoms with van der Waals surface area (Å²) in [5.74, 6) is -0.864. The van der Waals surface area contributed by atoms with Crippen LogP contribution in [0, 0.1) is 0 Å². The molecule has 0 spiro atoms. The van der Waals surface area contributed by atoms with Crippen LogP contribution in [-0.2, 0) is 4.79 Å². The Labute approximate surface area is 110 Å². The van der Waals surface area contributed by atoms with Crippen LogP contribution in [0.3, 0.4) is 0 Å². The second-order valence-corrected chi connectivity index (χ2v) is 4.44. The number of nitrogens with one attached hydrogen (secondary N) is 1. The van der Waals surface area contributed by atoms with E-state index >= 15 is 0 Å². The van der Waals surface area contributed by atoms with Gasteiger partial charge in [-0.1, -0.05) is 48.5 Å². The summed E-state index contributed by atoms with van der Waals surface area (Å²) in [6.07, 6.45) is 0. The summed E-state index contributed by atoms with van der Waals surface area (Å²) >= 11 is 0. The summed E-state index contributed by atoms with van der Waals surface area (Å²) in [6, 6.07) is 18.1. The van der Waals surface area contributed by atoms with E-state index in [1.54, 1.807) is 0 Å². The van der Waals surface area contributed by atoms with Crippen LogP contribution in [0.2, 0.25) is 0 Å². The van der Waals surface area contributed by atoms with Gasteiger partial charge in [-0.15, -0.1) is 0 Å². The minimum Gasteiger partial charge on any atom is -0.480 e. The Morgan fingerprint density at radius 3 is 2.00 bits per heavy atom. The van der Waals surface area contributed by atoms with Crippen molar-refractivity contribution >= 4 is 33.2 Å². The first-order valence-corrected chi connectivity index (χ1v) is 6.12. The monoisotopic (exact) mass is 251 g/mol. The molecule has 0 saturated heterocycles. The van der Waals surface area contributed by atoms with Gasteiger partial charge in [-0.2, -0.15) is 0 Å². The average molecular weight is 251 g/mol. The fourth-order valence-electron chi connectivity index (χ4n) is 2.37. The highest BCUT2D eigenvalue weighted by atomic mass is 16.4. The van der Waals surface area contributed by atoms with E-state index in [0.717, 1.165) is 27.2 Å². The van der Waals surface area contributed by atoms with Crippen molar-refractivity contribution in [2.45, 2.75) is 0 Å². The molecule has 0 aliphatic carbocycles. The van der Waals surface area contributed by atoms with Gasteiger partial charge in [-0.3, -0.25) is 4.79 Å². The van der Waals surface area contributed by atoms with E-state index < -0.39 is 5.97 Å². The number of carboxylic acid groups (broad SMARTS) is 1. The molecule has 0 unspecified atom stereocenters. The third-order valence-corrected chi connectivity index (χ3v) is 3.19. The van der Waals surface area contributed by atoms with Gasteiger partial charge < -0.3 is 10.4 Å². The number of fused-ring (bicyclic) bond motifs is 2. The molecule has 0 fully saturated rings. The molecule has 3 nitrogen and oxygen atoms in total. The van der Waals surface area contributed by atoms with Gasteiger partial charge in [-0.05, 0) is 16.8 Å². The lowest BCUT2D eigenvalue weighted by atomic mass is 10.0. The van der Waals surface area contributed by atoms with Crippen molar-refractivity contribution in [1.29, 1.82) is 0 Å². The molecule has 3 aromatic carbocycles. The molecule has 0 aliphatic heterocycles. The predicted molar refractivity (Wildman–Crippen MR) is 77.6 cm³/mol. The predicted octanol–water partition coefficient (Wildman–Crippen LogP) is 3.49. The topological polar surface area (TPSA) is 49.3 Å². The molecule has 94 valence electrons. The van der Waals surface area contributed by atoms with Crippen molar-refractivity contribution in [2.75, 3.05) is 11.9 Å². The first-order chi connectivity index (χ1) is 9.25. The summed E-state index contributed by atoms with van der Waals surface area (Å²) in [7, 11) is 0. The van der Waals surface area contributed by atoms with Crippen molar-refractivity contribution in [3.05, 3.63) is 54.6 Å². The van der Waals surface area contributed by atoms with Crippen LogP contribution in [0.1, 0.15) is 0 Å². The fraction of sp³-hybridized carbons (Fsp3) is 0.0625. The minimum atomic E-state index is -0.864. The molecule has 0 atom stereocenters. The molecule has 2 N–H and O–H groups in total. The van der Waals surface area contributed by atoms with E-state index in [0.29, 0.717) is 0 Å². The lowest BCUT2D eigenvalue weighted by Crippen LogP contribution is -2.12. The fourth-order valence-corrected chi connectivity index (χ4v) is 2.37. The molecule has 0 radical (unpaired) electrons. The lowest BCUT2D eigenvalue weighted by molar-refractivity contribution is -0.134. The van der Waals surface area contributed by atoms with Crippen molar-refractivity contribution in [3.8, 4) is 0 Å². The van der Waals surface area contributed by atoms with Crippen molar-refractivity contribution in [1.82, 2.24) is 0 Å². The maximum atomic E-state index is 10.8. The number of carboxylic acids is 1. The first kappa shape index (κ1) is 11.5. The van der Waals surface area contributed by atoms with E-state index in [2.05, 4.69) is 11.4 Å². The summed E-state index contributed by atoms with van der Waals surface area (Å²) in [5, 5.41) is 16.2. The lowest BCUT2D eigenvalue weighted by Gasteiger charge is -2.12. The highest BCUT2D eigenvalue weighted by Crippen LogP contribution is 2.32. The number of rotatable bonds is 3. The smallest absolute Gasteiger partial charge is 0.322 e. The second kappa shape index (κ2) is 4.61. The van der Waals surface area contributed by atoms with Crippen LogP contribution in [0.5, 0.6) is 0 Å². The Morgan fingerprint density at radius 1 is 0.947 bits per heavy atom. The van der Waals surface area contributed by atoms with Crippen LogP contribution in [0.15, 0.2) is 54.6 Å². The minimum absolute atomic E-state index is 0.0853. The summed E-state index contributed by atoms with van der Waals surface area (Å²) in [5.41, 5.74) is 0.885. The van der Waals surface area contributed by atoms with Crippen molar-refractivity contribution in [3.63, 3.8) is 0 Å². The van der Waals surface area contributed by atoms with Crippen LogP contribution < -0.4 is 5.32 Å². The molecule has 0 aliphatic rings. The molecule has 19 heavy (non-hydrogen) atoms. The van der Waals surface area contributed by atoms with E-state index in [9.17, 15) is 4.79 Å². The zero-order chi connectivity index (χ0) is 13.2. The Hall–Kier alpha value is -2.55. The number of aliphatic carboxylic acids is 1. The van der Waals surface area contributed by atoms with Gasteiger partial charge in [-0.25, -0.2) is 0 Å². The van der Waals surface area contributed by atoms with E-state index in [4.69, 9.17) is 5.11 Å². The van der Waals surface area contributed by atoms with Gasteiger partial charge in [0.25, 0.3) is 0 Å². The highest BCUT2D eigenvalue weighted by molar-refractivity contribution is 6.11. The second-order valence-electron chi connectivity index (χ2n) is 4.44. The van der Waals surface area contributed by atoms with Gasteiger partial charge in [0.1, 0.15) is 6.54 Å². The third kappa shape index (κ3) is 2.10. The molecule has 3 rings (SSSR count). The zero-order valence-electron chi connectivity index (χ0n) is 10.3. The Balaban J connectivity index is 2.29. The summed E-state index contributed by atoms with van der Waals surface area (Å²) in [4.78, 5) is 10.8. The number of hydrogen-bond donors (Lipinski definition) is 2. The maximum absolute atomic E-state index is 10.8. The molecule has 3 aromatic rings. The SMILES string of the molecule is O=C(O)CNc1c2ccccc2cc2ccccc12. The van der Waals surface area contributed by atoms with Gasteiger partial charge >= 0.3 is 5.97 Å². The van der Waals surface area contributed by atoms with E-state index in [1.807, 2.05) is 48.5 Å². The third-order valence-electron chi connectivity index (χ3n) is 3.19. The quantitative estimate of drug-likeness (QED) is 0.700. The van der Waals surface area contributed by atoms with Crippen molar-refractivity contribution in [2.24, 2.45) is 0 Å². The first-order valence-electron chi connectivity index (χ1n) is 6.12. The molecule has 0 bridgehead atoms. The molecular weight excluding hydrogens is 238 g/mol. The van der Waals surface area contributed by atoms with E-state index in [1.165, 1.54) is 0 Å². The zero-order valence-corrected chi connectivity index (χ0v) is 10.3. The van der Waals surface area contributed by atoms with Gasteiger partial charge in [0.05, 0.1) is 5.69 Å². The van der Waals surface area contributed by atoms with Crippen LogP contribution >= 0.6 is 0 Å². The summed E-state index contributed by atoms with van der Waals surface area (Å²) < 4.78 is 0. The Kier molecular flexibility index (Phi) is 2.80. The van der Waals surface area contributed by atoms with Gasteiger partial charge in [0.2, 0.25) is 0 Å². The van der Waals surface area contributed by atoms with Gasteiger partial charge in [0.15, 0.2) is 0 Å². The molecule has 0 amide bonds. The van der Waals surface area contributed by atoms with Crippen LogP contribution in [0.25, 0.3) is 21.5 Å². The number of benzene rings is 3. The summed E-state index contributed by atoms with van der Waals surface area (Å²) in [6.45, 7) is -0.0853. The Morgan fingerprint density at radius 2 is 1.47 bits per heavy atom. The standard InChI is InChI=1S/C16H13NO2/c18-15(19)10-17-16-13-7-3-1-5-11(13)9-12-6-2-4-8-14(12)16/h1-9,17H,10H2,(H,18,19). The maximum Gasteiger partial charge on any atom is 0.322 e. The molecular formula is C16H13NO2. The molecule has 0 saturated carbocycles. The number of hydrogen-bond acceptors (Lipinski definition) is 2. The van der Waals surface area contributed by atoms with Gasteiger partial charge in [0, 0.05) is 10.8 Å². The molecule has 3 heteroatoms. The van der Waals surface area contributed by atoms with Crippen LogP contribution in [-0.4, -0.2) is 17.6 Å². The average Bonchev–Trinajstić information content (AvgIpc) is 2.43. The highest BCUT2D eigenvalue weighted by Gasteiger charge is 2.07. The van der Waals surface area contributed by atoms with Crippen molar-refractivity contribution < 1.29 is 9.90 Å². The number of carbonyl (C=O) groups is 1. The normalized spacial score (nSPS) is 10.7. The van der Waals surface area contributed by atoms with E-state index in [-0.39, 0.29) is 6.54 Å². The van der Waals surface area contributed by atoms with Crippen LogP contribution in [0.4, 0.5) is 5.69 Å². The largest absolute Gasteiger partial charge is 0.480 e. The number of anilines is 1. The molecule has 0 heterocycles. The Bertz CT molecular complexity index is 711.